The molecule has 2 aliphatic carbocycles. The van der Waals surface area contributed by atoms with Crippen LogP contribution in [0.1, 0.15) is 44.9 Å². The number of nitrogens with two attached hydrogens (primary N) is 1. The van der Waals surface area contributed by atoms with Crippen molar-refractivity contribution in [3.8, 4) is 0 Å². The van der Waals surface area contributed by atoms with Crippen LogP contribution in [-0.2, 0) is 9.59 Å². The van der Waals surface area contributed by atoms with E-state index < -0.39 is 0 Å². The van der Waals surface area contributed by atoms with Gasteiger partial charge in [-0.3, -0.25) is 14.5 Å². The standard InChI is InChI=1S/C16H24N2O2/c17-10-14(11-6-2-1-3-7-11)18-15(19)12-8-4-5-9-13(12)16(18)20/h4-5,11-14H,1-3,6-10,17H2. The summed E-state index contributed by atoms with van der Waals surface area (Å²) in [5.74, 6) is 0.237. The zero-order chi connectivity index (χ0) is 14.1. The molecule has 2 amide bonds. The Morgan fingerprint density at radius 2 is 1.60 bits per heavy atom. The first-order valence-corrected chi connectivity index (χ1v) is 7.96. The molecule has 4 heteroatoms. The van der Waals surface area contributed by atoms with Crippen LogP contribution in [0.3, 0.4) is 0 Å². The summed E-state index contributed by atoms with van der Waals surface area (Å²) in [4.78, 5) is 26.8. The third-order valence-corrected chi connectivity index (χ3v) is 5.31. The van der Waals surface area contributed by atoms with E-state index in [0.29, 0.717) is 25.3 Å². The van der Waals surface area contributed by atoms with Crippen LogP contribution in [0.25, 0.3) is 0 Å². The Balaban J connectivity index is 1.81. The van der Waals surface area contributed by atoms with Gasteiger partial charge in [0.1, 0.15) is 0 Å². The molecule has 1 saturated heterocycles. The van der Waals surface area contributed by atoms with Gasteiger partial charge in [-0.05, 0) is 31.6 Å². The lowest BCUT2D eigenvalue weighted by atomic mass is 9.83. The smallest absolute Gasteiger partial charge is 0.233 e. The fraction of sp³-hybridized carbons (Fsp3) is 0.750. The summed E-state index contributed by atoms with van der Waals surface area (Å²) in [6.07, 6.45) is 11.4. The van der Waals surface area contributed by atoms with Crippen LogP contribution in [0, 0.1) is 17.8 Å². The predicted molar refractivity (Wildman–Crippen MR) is 76.6 cm³/mol. The molecule has 2 fully saturated rings. The number of carbonyl (C=O) groups excluding carboxylic acids is 2. The maximum Gasteiger partial charge on any atom is 0.233 e. The topological polar surface area (TPSA) is 63.4 Å². The summed E-state index contributed by atoms with van der Waals surface area (Å²) in [6, 6.07) is -0.0686. The number of hydrogen-bond acceptors (Lipinski definition) is 3. The molecule has 20 heavy (non-hydrogen) atoms. The van der Waals surface area contributed by atoms with Crippen LogP contribution in [-0.4, -0.2) is 29.3 Å². The maximum atomic E-state index is 12.6. The van der Waals surface area contributed by atoms with Crippen molar-refractivity contribution in [2.24, 2.45) is 23.5 Å². The van der Waals surface area contributed by atoms with Crippen molar-refractivity contribution in [3.63, 3.8) is 0 Å². The van der Waals surface area contributed by atoms with Crippen LogP contribution in [0.15, 0.2) is 12.2 Å². The Bertz CT molecular complexity index is 400. The van der Waals surface area contributed by atoms with Crippen molar-refractivity contribution < 1.29 is 9.59 Å². The first kappa shape index (κ1) is 13.8. The molecule has 0 radical (unpaired) electrons. The molecule has 0 spiro atoms. The lowest BCUT2D eigenvalue weighted by Gasteiger charge is -2.35. The minimum atomic E-state index is -0.120. The van der Waals surface area contributed by atoms with E-state index in [9.17, 15) is 9.59 Å². The highest BCUT2D eigenvalue weighted by Gasteiger charge is 2.50. The van der Waals surface area contributed by atoms with Crippen LogP contribution in [0.2, 0.25) is 0 Å². The number of allylic oxidation sites excluding steroid dienone is 2. The number of rotatable bonds is 3. The molecular weight excluding hydrogens is 252 g/mol. The molecule has 3 unspecified atom stereocenters. The monoisotopic (exact) mass is 276 g/mol. The van der Waals surface area contributed by atoms with E-state index in [2.05, 4.69) is 0 Å². The summed E-state index contributed by atoms with van der Waals surface area (Å²) < 4.78 is 0. The number of carbonyl (C=O) groups is 2. The summed E-state index contributed by atoms with van der Waals surface area (Å²) in [5.41, 5.74) is 5.94. The van der Waals surface area contributed by atoms with Gasteiger partial charge in [0.2, 0.25) is 11.8 Å². The van der Waals surface area contributed by atoms with Crippen LogP contribution in [0.5, 0.6) is 0 Å². The molecule has 1 aliphatic heterocycles. The fourth-order valence-corrected chi connectivity index (χ4v) is 4.18. The summed E-state index contributed by atoms with van der Waals surface area (Å²) >= 11 is 0. The second-order valence-electron chi connectivity index (χ2n) is 6.40. The minimum Gasteiger partial charge on any atom is -0.328 e. The highest BCUT2D eigenvalue weighted by atomic mass is 16.2. The molecule has 1 saturated carbocycles. The molecular formula is C16H24N2O2. The van der Waals surface area contributed by atoms with Crippen molar-refractivity contribution in [2.45, 2.75) is 51.0 Å². The molecule has 3 rings (SSSR count). The molecule has 0 aromatic heterocycles. The largest absolute Gasteiger partial charge is 0.328 e. The van der Waals surface area contributed by atoms with E-state index in [1.807, 2.05) is 12.2 Å². The van der Waals surface area contributed by atoms with Crippen molar-refractivity contribution >= 4 is 11.8 Å². The highest BCUT2D eigenvalue weighted by molar-refractivity contribution is 6.05. The first-order chi connectivity index (χ1) is 9.74. The predicted octanol–water partition coefficient (Wildman–Crippen LogP) is 1.85. The number of nitrogens with zero attached hydrogens (tertiary/aromatic N) is 1. The van der Waals surface area contributed by atoms with Crippen molar-refractivity contribution in [3.05, 3.63) is 12.2 Å². The first-order valence-electron chi connectivity index (χ1n) is 7.96. The molecule has 0 aromatic rings. The fourth-order valence-electron chi connectivity index (χ4n) is 4.18. The summed E-state index contributed by atoms with van der Waals surface area (Å²) in [5, 5.41) is 0. The van der Waals surface area contributed by atoms with Gasteiger partial charge in [0, 0.05) is 6.54 Å². The third kappa shape index (κ3) is 2.20. The Kier molecular flexibility index (Phi) is 3.92. The van der Waals surface area contributed by atoms with Gasteiger partial charge >= 0.3 is 0 Å². The van der Waals surface area contributed by atoms with Gasteiger partial charge in [0.25, 0.3) is 0 Å². The molecule has 0 bridgehead atoms. The number of likely N-dealkylation sites (tertiary alicyclic amines) is 1. The normalized spacial score (nSPS) is 32.5. The van der Waals surface area contributed by atoms with Gasteiger partial charge in [-0.15, -0.1) is 0 Å². The molecule has 3 aliphatic rings. The molecule has 110 valence electrons. The van der Waals surface area contributed by atoms with E-state index in [-0.39, 0.29) is 29.7 Å². The lowest BCUT2D eigenvalue weighted by molar-refractivity contribution is -0.144. The zero-order valence-electron chi connectivity index (χ0n) is 12.0. The van der Waals surface area contributed by atoms with Crippen molar-refractivity contribution in [2.75, 3.05) is 6.54 Å². The average molecular weight is 276 g/mol. The molecule has 0 aromatic carbocycles. The van der Waals surface area contributed by atoms with Crippen LogP contribution >= 0.6 is 0 Å². The second kappa shape index (κ2) is 5.68. The van der Waals surface area contributed by atoms with Crippen LogP contribution < -0.4 is 5.73 Å². The zero-order valence-corrected chi connectivity index (χ0v) is 12.0. The van der Waals surface area contributed by atoms with E-state index in [1.165, 1.54) is 19.3 Å². The molecule has 1 heterocycles. The number of hydrogen-bond donors (Lipinski definition) is 1. The number of fused-ring (bicyclic) bond motifs is 1. The Morgan fingerprint density at radius 3 is 2.10 bits per heavy atom. The van der Waals surface area contributed by atoms with Gasteiger partial charge in [0.15, 0.2) is 0 Å². The lowest BCUT2D eigenvalue weighted by Crippen LogP contribution is -2.49. The number of amides is 2. The Labute approximate surface area is 120 Å². The second-order valence-corrected chi connectivity index (χ2v) is 6.40. The number of imide groups is 1. The third-order valence-electron chi connectivity index (χ3n) is 5.31. The van der Waals surface area contributed by atoms with Gasteiger partial charge < -0.3 is 5.73 Å². The molecule has 2 N–H and O–H groups in total. The van der Waals surface area contributed by atoms with Crippen molar-refractivity contribution in [1.82, 2.24) is 4.90 Å². The van der Waals surface area contributed by atoms with Crippen molar-refractivity contribution in [1.29, 1.82) is 0 Å². The van der Waals surface area contributed by atoms with Gasteiger partial charge in [0.05, 0.1) is 17.9 Å². The van der Waals surface area contributed by atoms with E-state index in [1.54, 1.807) is 4.90 Å². The van der Waals surface area contributed by atoms with E-state index >= 15 is 0 Å². The maximum absolute atomic E-state index is 12.6. The van der Waals surface area contributed by atoms with Gasteiger partial charge in [-0.25, -0.2) is 0 Å². The Morgan fingerprint density at radius 1 is 1.05 bits per heavy atom. The average Bonchev–Trinajstić information content (AvgIpc) is 2.75. The summed E-state index contributed by atoms with van der Waals surface area (Å²) in [6.45, 7) is 0.412. The quantitative estimate of drug-likeness (QED) is 0.632. The van der Waals surface area contributed by atoms with Gasteiger partial charge in [-0.2, -0.15) is 0 Å². The van der Waals surface area contributed by atoms with Crippen LogP contribution in [0.4, 0.5) is 0 Å². The molecule has 3 atom stereocenters. The molecule has 4 nitrogen and oxygen atoms in total. The summed E-state index contributed by atoms with van der Waals surface area (Å²) in [7, 11) is 0. The Hall–Kier alpha value is -1.16. The highest BCUT2D eigenvalue weighted by Crippen LogP contribution is 2.39. The SMILES string of the molecule is NCC(C1CCCCC1)N1C(=O)C2CC=CCC2C1=O. The van der Waals surface area contributed by atoms with E-state index in [0.717, 1.165) is 12.8 Å². The minimum absolute atomic E-state index is 0.0328. The van der Waals surface area contributed by atoms with Gasteiger partial charge in [-0.1, -0.05) is 31.4 Å². The van der Waals surface area contributed by atoms with E-state index in [4.69, 9.17) is 5.73 Å².